The van der Waals surface area contributed by atoms with Crippen molar-refractivity contribution in [3.63, 3.8) is 0 Å². The van der Waals surface area contributed by atoms with Gasteiger partial charge in [-0.3, -0.25) is 28.8 Å². The second kappa shape index (κ2) is 50.8. The van der Waals surface area contributed by atoms with Crippen LogP contribution in [0.25, 0.3) is 0 Å². The summed E-state index contributed by atoms with van der Waals surface area (Å²) in [4.78, 5) is 123. The number of esters is 8. The second-order valence-corrected chi connectivity index (χ2v) is 43.6. The van der Waals surface area contributed by atoms with Crippen LogP contribution in [-0.4, -0.2) is 122 Å². The normalized spacial score (nSPS) is 12.0. The van der Waals surface area contributed by atoms with Crippen molar-refractivity contribution in [3.05, 3.63) is 336 Å². The predicted molar refractivity (Wildman–Crippen MR) is 468 cm³/mol. The first-order chi connectivity index (χ1) is 59.2. The average molecular weight is 1730 g/mol. The number of ether oxygens (including phenoxy) is 12. The number of Topliss-reactive ketones (excluding diaryl/α,β-unsaturated/α-hetero) is 1. The van der Waals surface area contributed by atoms with Crippen LogP contribution < -0.4 is 0 Å². The summed E-state index contributed by atoms with van der Waals surface area (Å²) < 4.78 is 83.4. The van der Waals surface area contributed by atoms with Gasteiger partial charge in [-0.1, -0.05) is 279 Å². The Morgan fingerprint density at radius 1 is 0.285 bits per heavy atom. The molecule has 0 saturated heterocycles. The summed E-state index contributed by atoms with van der Waals surface area (Å²) in [6.45, 7) is 15.1. The molecule has 0 aliphatic rings. The summed E-state index contributed by atoms with van der Waals surface area (Å²) in [5, 5.41) is 0. The predicted octanol–water partition coefficient (Wildman–Crippen LogP) is 17.4. The summed E-state index contributed by atoms with van der Waals surface area (Å²) >= 11 is 0. The highest BCUT2D eigenvalue weighted by Crippen LogP contribution is 2.33. The van der Waals surface area contributed by atoms with E-state index in [1.165, 1.54) is 6.08 Å². The van der Waals surface area contributed by atoms with E-state index < -0.39 is 134 Å². The van der Waals surface area contributed by atoms with Crippen molar-refractivity contribution < 1.29 is 108 Å². The fourth-order valence-corrected chi connectivity index (χ4v) is 27.2. The standard InChI is InChI=1S/C67H82O16Si3.C30H30O7/c1-84(2,41-25-39-80-66(64(72)78-51-58-35-21-11-22-36-58,44-61(69)75-48-55-29-15-8-16-30-55)43-60(68)53-74-47-54-27-13-7-14-28-54)82-86(5,6)83-85(3,4)42-26-40-81-67(65(73)79-52-59-37-23-12-24-38-59,45-62(70)76-49-56-31-17-9-18-32-56)46-63(71)77-50-57-33-19-10-20-34-57;1-2-18-37-30(29(33)36-23-26-16-10-5-11-17-26,19-27(31)34-21-24-12-6-3-7-13-24)20-28(32)35-22-25-14-8-4-9-15-25/h7-24,27-38H,25-26,39-53H2,1-6H3;2-17H,1,18-23H2. The van der Waals surface area contributed by atoms with E-state index in [4.69, 9.17) is 65.1 Å². The summed E-state index contributed by atoms with van der Waals surface area (Å²) in [6, 6.07) is 83.3. The zero-order valence-corrected chi connectivity index (χ0v) is 73.9. The maximum atomic E-state index is 14.4. The summed E-state index contributed by atoms with van der Waals surface area (Å²) in [5.74, 6) is -6.84. The van der Waals surface area contributed by atoms with E-state index in [0.29, 0.717) is 36.1 Å². The van der Waals surface area contributed by atoms with E-state index >= 15 is 0 Å². The molecule has 0 saturated carbocycles. The molecule has 0 fully saturated rings. The topological polar surface area (TPSA) is 283 Å². The van der Waals surface area contributed by atoms with Gasteiger partial charge in [-0.15, -0.1) is 6.58 Å². The minimum atomic E-state index is -2.87. The molecule has 23 nitrogen and oxygen atoms in total. The van der Waals surface area contributed by atoms with Gasteiger partial charge in [0.25, 0.3) is 0 Å². The number of hydrogen-bond acceptors (Lipinski definition) is 23. The molecule has 123 heavy (non-hydrogen) atoms. The van der Waals surface area contributed by atoms with Gasteiger partial charge in [-0.25, -0.2) is 14.4 Å². The number of carbonyl (C=O) groups is 9. The molecule has 0 heterocycles. The largest absolute Gasteiger partial charge is 0.461 e. The molecule has 0 radical (unpaired) electrons. The van der Waals surface area contributed by atoms with E-state index in [1.54, 1.807) is 36.4 Å². The SMILES string of the molecule is C=CCOC(CC(=O)OCc1ccccc1)(CC(=O)OCc1ccccc1)C(=O)OCc1ccccc1.C[Si](C)(CCCOC(CC(=O)COCc1ccccc1)(CC(=O)OCc1ccccc1)C(=O)OCc1ccccc1)O[Si](C)(C)O[Si](C)(C)CCCOC(CC(=O)OCc1ccccc1)(CC(=O)OCc1ccccc1)C(=O)OCc1ccccc1. The number of hydrogen-bond donors (Lipinski definition) is 0. The molecule has 650 valence electrons. The fraction of sp³-hybridized carbons (Fsp3) is 0.330. The van der Waals surface area contributed by atoms with Crippen molar-refractivity contribution >= 4 is 78.7 Å². The molecule has 9 aromatic rings. The molecule has 0 aliphatic carbocycles. The van der Waals surface area contributed by atoms with Crippen molar-refractivity contribution in [1.29, 1.82) is 0 Å². The summed E-state index contributed by atoms with van der Waals surface area (Å²) in [5.41, 5.74) is 0.696. The summed E-state index contributed by atoms with van der Waals surface area (Å²) in [7, 11) is -8.00. The molecule has 0 N–H and O–H groups in total. The van der Waals surface area contributed by atoms with Gasteiger partial charge >= 0.3 is 56.3 Å². The number of rotatable bonds is 52. The van der Waals surface area contributed by atoms with Gasteiger partial charge in [0.05, 0.1) is 45.3 Å². The van der Waals surface area contributed by atoms with Gasteiger partial charge in [0.15, 0.2) is 39.2 Å². The zero-order chi connectivity index (χ0) is 88.1. The smallest absolute Gasteiger partial charge is 0.339 e. The van der Waals surface area contributed by atoms with E-state index in [9.17, 15) is 43.2 Å². The maximum absolute atomic E-state index is 14.4. The first-order valence-electron chi connectivity index (χ1n) is 40.9. The van der Waals surface area contributed by atoms with E-state index in [0.717, 1.165) is 38.9 Å². The number of benzene rings is 9. The number of carbonyl (C=O) groups excluding carboxylic acids is 9. The molecule has 0 amide bonds. The Bertz CT molecular complexity index is 4590. The lowest BCUT2D eigenvalue weighted by Crippen LogP contribution is -2.52. The highest BCUT2D eigenvalue weighted by atomic mass is 28.5. The van der Waals surface area contributed by atoms with Crippen LogP contribution in [0.1, 0.15) is 101 Å². The Morgan fingerprint density at radius 3 is 0.732 bits per heavy atom. The number of ketones is 1. The fourth-order valence-electron chi connectivity index (χ4n) is 13.2. The van der Waals surface area contributed by atoms with Gasteiger partial charge < -0.3 is 65.1 Å². The first-order valence-corrected chi connectivity index (χ1v) is 49.9. The zero-order valence-electron chi connectivity index (χ0n) is 70.9. The van der Waals surface area contributed by atoms with Crippen molar-refractivity contribution in [2.45, 2.75) is 179 Å². The van der Waals surface area contributed by atoms with E-state index in [-0.39, 0.29) is 85.9 Å². The Hall–Kier alpha value is -11.4. The van der Waals surface area contributed by atoms with Crippen LogP contribution in [-0.2, 0) is 168 Å². The van der Waals surface area contributed by atoms with Crippen LogP contribution >= 0.6 is 0 Å². The van der Waals surface area contributed by atoms with Crippen molar-refractivity contribution in [3.8, 4) is 0 Å². The van der Waals surface area contributed by atoms with Crippen LogP contribution in [0.4, 0.5) is 0 Å². The molecule has 1 unspecified atom stereocenters. The monoisotopic (exact) mass is 1730 g/mol. The van der Waals surface area contributed by atoms with Crippen LogP contribution in [0.3, 0.4) is 0 Å². The van der Waals surface area contributed by atoms with Crippen LogP contribution in [0, 0.1) is 0 Å². The highest BCUT2D eigenvalue weighted by molar-refractivity contribution is 6.87. The van der Waals surface area contributed by atoms with Crippen LogP contribution in [0.15, 0.2) is 286 Å². The van der Waals surface area contributed by atoms with Gasteiger partial charge in [-0.05, 0) is 114 Å². The molecular weight excluding hydrogens is 1620 g/mol. The molecule has 0 spiro atoms. The maximum Gasteiger partial charge on any atom is 0.339 e. The molecule has 9 rings (SSSR count). The highest BCUT2D eigenvalue weighted by Gasteiger charge is 2.50. The van der Waals surface area contributed by atoms with Gasteiger partial charge in [0.1, 0.15) is 59.5 Å². The van der Waals surface area contributed by atoms with E-state index in [1.807, 2.05) is 250 Å². The molecular formula is C97H112O23Si3. The third kappa shape index (κ3) is 36.3. The van der Waals surface area contributed by atoms with Crippen LogP contribution in [0.5, 0.6) is 0 Å². The lowest BCUT2D eigenvalue weighted by molar-refractivity contribution is -0.187. The third-order valence-corrected chi connectivity index (χ3v) is 30.6. The van der Waals surface area contributed by atoms with Crippen LogP contribution in [0.2, 0.25) is 51.4 Å². The molecule has 26 heteroatoms. The Morgan fingerprint density at radius 2 is 0.496 bits per heavy atom. The van der Waals surface area contributed by atoms with Gasteiger partial charge in [0.2, 0.25) is 0 Å². The Balaban J connectivity index is 0.000000421. The Labute approximate surface area is 724 Å². The molecule has 1 atom stereocenters. The lowest BCUT2D eigenvalue weighted by Gasteiger charge is -2.39. The molecule has 0 aromatic heterocycles. The third-order valence-electron chi connectivity index (χ3n) is 19.1. The van der Waals surface area contributed by atoms with Crippen molar-refractivity contribution in [1.82, 2.24) is 0 Å². The molecule has 9 aromatic carbocycles. The minimum Gasteiger partial charge on any atom is -0.461 e. The van der Waals surface area contributed by atoms with E-state index in [2.05, 4.69) is 32.8 Å². The van der Waals surface area contributed by atoms with Crippen molar-refractivity contribution in [2.24, 2.45) is 0 Å². The van der Waals surface area contributed by atoms with Crippen molar-refractivity contribution in [2.75, 3.05) is 26.4 Å². The Kier molecular flexibility index (Phi) is 40.1. The first kappa shape index (κ1) is 97.0. The lowest BCUT2D eigenvalue weighted by atomic mass is 9.92. The van der Waals surface area contributed by atoms with Gasteiger partial charge in [-0.2, -0.15) is 0 Å². The summed E-state index contributed by atoms with van der Waals surface area (Å²) in [6.07, 6.45) is -1.19. The molecule has 0 aliphatic heterocycles. The minimum absolute atomic E-state index is 0.00866. The average Bonchev–Trinajstić information content (AvgIpc) is 0.814. The van der Waals surface area contributed by atoms with Gasteiger partial charge in [0, 0.05) is 19.6 Å². The quantitative estimate of drug-likeness (QED) is 0.0113. The molecule has 0 bridgehead atoms. The second-order valence-electron chi connectivity index (χ2n) is 31.1.